The topological polar surface area (TPSA) is 78.1 Å². The maximum Gasteiger partial charge on any atom is 0.228 e. The Morgan fingerprint density at radius 2 is 1.72 bits per heavy atom. The molecule has 3 aliphatic rings. The quantitative estimate of drug-likeness (QED) is 0.881. The number of carbonyl (C=O) groups excluding carboxylic acids is 2. The van der Waals surface area contributed by atoms with Gasteiger partial charge in [-0.25, -0.2) is 0 Å². The molecule has 1 aromatic rings. The molecule has 2 aliphatic carbocycles. The number of carbonyl (C=O) groups is 2. The van der Waals surface area contributed by atoms with Gasteiger partial charge in [-0.2, -0.15) is 5.10 Å². The van der Waals surface area contributed by atoms with Gasteiger partial charge in [-0.1, -0.05) is 19.3 Å². The average Bonchev–Trinajstić information content (AvgIpc) is 3.41. The fraction of sp³-hybridized carbons (Fsp3) is 0.737. The molecule has 0 unspecified atom stereocenters. The van der Waals surface area contributed by atoms with E-state index in [2.05, 4.69) is 15.5 Å². The minimum absolute atomic E-state index is 0.0157. The first kappa shape index (κ1) is 16.6. The van der Waals surface area contributed by atoms with Gasteiger partial charge in [0.15, 0.2) is 5.82 Å². The molecule has 0 radical (unpaired) electrons. The summed E-state index contributed by atoms with van der Waals surface area (Å²) >= 11 is 0. The van der Waals surface area contributed by atoms with Gasteiger partial charge >= 0.3 is 0 Å². The van der Waals surface area contributed by atoms with E-state index in [9.17, 15) is 9.59 Å². The summed E-state index contributed by atoms with van der Waals surface area (Å²) in [5, 5.41) is 10.4. The molecule has 0 spiro atoms. The van der Waals surface area contributed by atoms with Crippen molar-refractivity contribution in [2.45, 2.75) is 63.7 Å². The number of nitrogens with one attached hydrogen (secondary N) is 2. The number of amides is 2. The van der Waals surface area contributed by atoms with E-state index in [0.717, 1.165) is 31.4 Å². The van der Waals surface area contributed by atoms with Crippen molar-refractivity contribution in [2.24, 2.45) is 11.8 Å². The maximum atomic E-state index is 12.5. The molecule has 2 saturated carbocycles. The average molecular weight is 344 g/mol. The normalized spacial score (nSPS) is 22.8. The minimum Gasteiger partial charge on any atom is -0.342 e. The zero-order valence-corrected chi connectivity index (χ0v) is 14.8. The van der Waals surface area contributed by atoms with E-state index in [1.54, 1.807) is 0 Å². The number of piperidine rings is 1. The molecule has 6 nitrogen and oxygen atoms in total. The van der Waals surface area contributed by atoms with Crippen molar-refractivity contribution in [3.8, 4) is 0 Å². The Kier molecular flexibility index (Phi) is 4.77. The van der Waals surface area contributed by atoms with Crippen LogP contribution in [0.5, 0.6) is 0 Å². The Hall–Kier alpha value is -1.85. The minimum atomic E-state index is -0.0157. The summed E-state index contributed by atoms with van der Waals surface area (Å²) in [4.78, 5) is 26.5. The molecule has 136 valence electrons. The zero-order valence-electron chi connectivity index (χ0n) is 14.8. The molecular formula is C19H28N4O2. The molecule has 2 N–H and O–H groups in total. The summed E-state index contributed by atoms with van der Waals surface area (Å²) in [5.41, 5.74) is 1.15. The second-order valence-electron chi connectivity index (χ2n) is 7.91. The SMILES string of the molecule is O=C(Nc1cc(C2CCCCC2)[nH]n1)C1CCN(C(=O)C2CC2)CC1. The first-order valence-corrected chi connectivity index (χ1v) is 9.85. The molecule has 2 amide bonds. The van der Waals surface area contributed by atoms with Crippen LogP contribution in [-0.4, -0.2) is 40.0 Å². The van der Waals surface area contributed by atoms with Gasteiger partial charge in [0.25, 0.3) is 0 Å². The van der Waals surface area contributed by atoms with E-state index < -0.39 is 0 Å². The molecule has 1 saturated heterocycles. The van der Waals surface area contributed by atoms with Crippen LogP contribution in [0.3, 0.4) is 0 Å². The van der Waals surface area contributed by atoms with Gasteiger partial charge in [0, 0.05) is 42.6 Å². The molecule has 3 fully saturated rings. The summed E-state index contributed by atoms with van der Waals surface area (Å²) in [6.45, 7) is 1.42. The highest BCUT2D eigenvalue weighted by molar-refractivity contribution is 5.92. The number of H-pyrrole nitrogens is 1. The van der Waals surface area contributed by atoms with Crippen LogP contribution in [0.4, 0.5) is 5.82 Å². The van der Waals surface area contributed by atoms with Crippen molar-refractivity contribution in [1.29, 1.82) is 0 Å². The van der Waals surface area contributed by atoms with Crippen LogP contribution < -0.4 is 5.32 Å². The number of rotatable bonds is 4. The Morgan fingerprint density at radius 1 is 1.00 bits per heavy atom. The van der Waals surface area contributed by atoms with Crippen LogP contribution in [0.15, 0.2) is 6.07 Å². The lowest BCUT2D eigenvalue weighted by atomic mass is 9.87. The van der Waals surface area contributed by atoms with Crippen molar-refractivity contribution in [3.63, 3.8) is 0 Å². The summed E-state index contributed by atoms with van der Waals surface area (Å²) in [5.74, 6) is 1.79. The van der Waals surface area contributed by atoms with Crippen LogP contribution in [0.1, 0.15) is 69.4 Å². The van der Waals surface area contributed by atoms with E-state index in [1.807, 2.05) is 11.0 Å². The number of hydrogen-bond acceptors (Lipinski definition) is 3. The van der Waals surface area contributed by atoms with Crippen LogP contribution in [-0.2, 0) is 9.59 Å². The Balaban J connectivity index is 1.27. The lowest BCUT2D eigenvalue weighted by Crippen LogP contribution is -2.42. The standard InChI is InChI=1S/C19H28N4O2/c24-18(14-8-10-23(11-9-14)19(25)15-6-7-15)20-17-12-16(21-22-17)13-4-2-1-3-5-13/h12-15H,1-11H2,(H2,20,21,22,24). The third-order valence-corrected chi connectivity index (χ3v) is 6.00. The molecule has 1 aromatic heterocycles. The molecule has 0 aromatic carbocycles. The van der Waals surface area contributed by atoms with Crippen molar-refractivity contribution >= 4 is 17.6 Å². The molecule has 6 heteroatoms. The Morgan fingerprint density at radius 3 is 2.40 bits per heavy atom. The van der Waals surface area contributed by atoms with Gasteiger partial charge in [0.1, 0.15) is 0 Å². The maximum absolute atomic E-state index is 12.5. The summed E-state index contributed by atoms with van der Waals surface area (Å²) in [7, 11) is 0. The zero-order chi connectivity index (χ0) is 17.2. The Labute approximate surface area is 148 Å². The van der Waals surface area contributed by atoms with Gasteiger partial charge in [0.2, 0.25) is 11.8 Å². The monoisotopic (exact) mass is 344 g/mol. The fourth-order valence-corrected chi connectivity index (χ4v) is 4.20. The number of anilines is 1. The fourth-order valence-electron chi connectivity index (χ4n) is 4.20. The third-order valence-electron chi connectivity index (χ3n) is 6.00. The van der Waals surface area contributed by atoms with Crippen LogP contribution in [0, 0.1) is 11.8 Å². The smallest absolute Gasteiger partial charge is 0.228 e. The van der Waals surface area contributed by atoms with Crippen LogP contribution >= 0.6 is 0 Å². The predicted molar refractivity (Wildman–Crippen MR) is 95.1 cm³/mol. The lowest BCUT2D eigenvalue weighted by molar-refractivity contribution is -0.135. The number of hydrogen-bond donors (Lipinski definition) is 2. The number of likely N-dealkylation sites (tertiary alicyclic amines) is 1. The first-order valence-electron chi connectivity index (χ1n) is 9.85. The van der Waals surface area contributed by atoms with E-state index >= 15 is 0 Å². The van der Waals surface area contributed by atoms with Crippen LogP contribution in [0.2, 0.25) is 0 Å². The number of aromatic nitrogens is 2. The largest absolute Gasteiger partial charge is 0.342 e. The second-order valence-corrected chi connectivity index (χ2v) is 7.91. The van der Waals surface area contributed by atoms with Gasteiger partial charge in [-0.3, -0.25) is 14.7 Å². The number of nitrogens with zero attached hydrogens (tertiary/aromatic N) is 2. The summed E-state index contributed by atoms with van der Waals surface area (Å²) in [6.07, 6.45) is 9.91. The predicted octanol–water partition coefficient (Wildman–Crippen LogP) is 3.04. The molecule has 25 heavy (non-hydrogen) atoms. The van der Waals surface area contributed by atoms with Crippen molar-refractivity contribution in [1.82, 2.24) is 15.1 Å². The summed E-state index contributed by atoms with van der Waals surface area (Å²) < 4.78 is 0. The molecule has 0 bridgehead atoms. The molecule has 2 heterocycles. The highest BCUT2D eigenvalue weighted by atomic mass is 16.2. The highest BCUT2D eigenvalue weighted by Crippen LogP contribution is 2.33. The molecule has 4 rings (SSSR count). The highest BCUT2D eigenvalue weighted by Gasteiger charge is 2.36. The van der Waals surface area contributed by atoms with Crippen molar-refractivity contribution < 1.29 is 9.59 Å². The van der Waals surface area contributed by atoms with Crippen molar-refractivity contribution in [3.05, 3.63) is 11.8 Å². The Bertz CT molecular complexity index is 623. The molecular weight excluding hydrogens is 316 g/mol. The van der Waals surface area contributed by atoms with E-state index in [-0.39, 0.29) is 17.7 Å². The molecule has 1 aliphatic heterocycles. The van der Waals surface area contributed by atoms with E-state index in [1.165, 1.54) is 32.1 Å². The van der Waals surface area contributed by atoms with E-state index in [4.69, 9.17) is 0 Å². The first-order chi connectivity index (χ1) is 12.2. The van der Waals surface area contributed by atoms with Gasteiger partial charge in [-0.15, -0.1) is 0 Å². The third kappa shape index (κ3) is 3.88. The van der Waals surface area contributed by atoms with E-state index in [0.29, 0.717) is 30.7 Å². The lowest BCUT2D eigenvalue weighted by Gasteiger charge is -2.31. The van der Waals surface area contributed by atoms with Crippen LogP contribution in [0.25, 0.3) is 0 Å². The molecule has 0 atom stereocenters. The van der Waals surface area contributed by atoms with Gasteiger partial charge in [-0.05, 0) is 38.5 Å². The van der Waals surface area contributed by atoms with Gasteiger partial charge < -0.3 is 10.2 Å². The number of aromatic amines is 1. The second kappa shape index (κ2) is 7.18. The van der Waals surface area contributed by atoms with Gasteiger partial charge in [0.05, 0.1) is 0 Å². The van der Waals surface area contributed by atoms with Crippen molar-refractivity contribution in [2.75, 3.05) is 18.4 Å². The summed E-state index contributed by atoms with van der Waals surface area (Å²) in [6, 6.07) is 2.00.